The first-order chi connectivity index (χ1) is 12.6. The number of fused-ring (bicyclic) bond motifs is 1. The number of aromatic nitrogens is 2. The maximum atomic E-state index is 6.49. The van der Waals surface area contributed by atoms with Gasteiger partial charge in [0.1, 0.15) is 5.82 Å². The molecule has 0 fully saturated rings. The molecule has 134 valence electrons. The van der Waals surface area contributed by atoms with Gasteiger partial charge in [0.15, 0.2) is 0 Å². The van der Waals surface area contributed by atoms with E-state index in [1.165, 1.54) is 5.56 Å². The van der Waals surface area contributed by atoms with Crippen LogP contribution in [0.4, 0.5) is 5.82 Å². The second-order valence-corrected chi connectivity index (χ2v) is 7.70. The van der Waals surface area contributed by atoms with Crippen molar-refractivity contribution in [1.82, 2.24) is 9.78 Å². The fourth-order valence-electron chi connectivity index (χ4n) is 3.31. The predicted octanol–water partition coefficient (Wildman–Crippen LogP) is 6.56. The highest BCUT2D eigenvalue weighted by atomic mass is 35.5. The van der Waals surface area contributed by atoms with Crippen LogP contribution in [0, 0.1) is 6.92 Å². The molecular formula is C20H18Cl3N3. The van der Waals surface area contributed by atoms with Crippen molar-refractivity contribution in [2.45, 2.75) is 26.2 Å². The Bertz CT molecular complexity index is 979. The standard InChI is InChI=1S/C20H18Cl3N3/c1-12-8-9-13(11-17(12)22)26-20-15(5-2-3-10-24-20)19(25-26)14-6-4-7-16(21)18(14)23/h4,6-9,11,24H,2-3,5,10H2,1H3. The maximum Gasteiger partial charge on any atom is 0.133 e. The fourth-order valence-corrected chi connectivity index (χ4v) is 3.87. The largest absolute Gasteiger partial charge is 0.370 e. The van der Waals surface area contributed by atoms with E-state index in [1.54, 1.807) is 6.07 Å². The fraction of sp³-hybridized carbons (Fsp3) is 0.250. The van der Waals surface area contributed by atoms with Crippen LogP contribution >= 0.6 is 34.8 Å². The molecule has 26 heavy (non-hydrogen) atoms. The summed E-state index contributed by atoms with van der Waals surface area (Å²) in [5.41, 5.74) is 4.87. The second-order valence-electron chi connectivity index (χ2n) is 6.51. The maximum absolute atomic E-state index is 6.49. The average molecular weight is 407 g/mol. The SMILES string of the molecule is Cc1ccc(-n2nc(-c3cccc(Cl)c3Cl)c3c2NCCCC3)cc1Cl. The number of aryl methyl sites for hydroxylation is 1. The van der Waals surface area contributed by atoms with Crippen LogP contribution in [-0.2, 0) is 6.42 Å². The summed E-state index contributed by atoms with van der Waals surface area (Å²) in [5, 5.41) is 10.2. The van der Waals surface area contributed by atoms with Gasteiger partial charge in [-0.2, -0.15) is 5.10 Å². The van der Waals surface area contributed by atoms with E-state index in [0.29, 0.717) is 10.0 Å². The van der Waals surface area contributed by atoms with Gasteiger partial charge < -0.3 is 5.32 Å². The van der Waals surface area contributed by atoms with Gasteiger partial charge in [-0.15, -0.1) is 0 Å². The Morgan fingerprint density at radius 3 is 2.69 bits per heavy atom. The molecule has 3 nitrogen and oxygen atoms in total. The lowest BCUT2D eigenvalue weighted by Gasteiger charge is -2.10. The van der Waals surface area contributed by atoms with Gasteiger partial charge in [0.05, 0.1) is 21.4 Å². The Kier molecular flexibility index (Phi) is 4.87. The van der Waals surface area contributed by atoms with E-state index < -0.39 is 0 Å². The van der Waals surface area contributed by atoms with E-state index in [0.717, 1.165) is 59.2 Å². The molecule has 2 aromatic carbocycles. The van der Waals surface area contributed by atoms with Gasteiger partial charge in [0.25, 0.3) is 0 Å². The van der Waals surface area contributed by atoms with Crippen molar-refractivity contribution in [2.24, 2.45) is 0 Å². The van der Waals surface area contributed by atoms with Gasteiger partial charge in [-0.25, -0.2) is 4.68 Å². The van der Waals surface area contributed by atoms with E-state index in [4.69, 9.17) is 39.9 Å². The van der Waals surface area contributed by atoms with Crippen LogP contribution < -0.4 is 5.32 Å². The van der Waals surface area contributed by atoms with Crippen LogP contribution in [-0.4, -0.2) is 16.3 Å². The molecule has 0 aliphatic carbocycles. The molecule has 0 radical (unpaired) electrons. The first kappa shape index (κ1) is 17.7. The lowest BCUT2D eigenvalue weighted by atomic mass is 10.0. The highest BCUT2D eigenvalue weighted by Gasteiger charge is 2.23. The molecule has 2 heterocycles. The third kappa shape index (κ3) is 3.09. The van der Waals surface area contributed by atoms with Crippen molar-refractivity contribution < 1.29 is 0 Å². The van der Waals surface area contributed by atoms with E-state index in [-0.39, 0.29) is 0 Å². The predicted molar refractivity (Wildman–Crippen MR) is 110 cm³/mol. The minimum Gasteiger partial charge on any atom is -0.370 e. The smallest absolute Gasteiger partial charge is 0.133 e. The van der Waals surface area contributed by atoms with Gasteiger partial charge in [-0.3, -0.25) is 0 Å². The van der Waals surface area contributed by atoms with Crippen molar-refractivity contribution in [3.05, 3.63) is 62.6 Å². The Balaban J connectivity index is 1.94. The van der Waals surface area contributed by atoms with Crippen molar-refractivity contribution in [1.29, 1.82) is 0 Å². The zero-order valence-corrected chi connectivity index (χ0v) is 16.6. The summed E-state index contributed by atoms with van der Waals surface area (Å²) in [6.07, 6.45) is 3.16. The molecule has 3 aromatic rings. The normalized spacial score (nSPS) is 13.8. The lowest BCUT2D eigenvalue weighted by Crippen LogP contribution is -2.07. The molecule has 0 spiro atoms. The third-order valence-electron chi connectivity index (χ3n) is 4.74. The molecule has 0 amide bonds. The summed E-state index contributed by atoms with van der Waals surface area (Å²) in [6.45, 7) is 2.91. The van der Waals surface area contributed by atoms with Crippen LogP contribution in [0.3, 0.4) is 0 Å². The third-order valence-corrected chi connectivity index (χ3v) is 5.96. The molecule has 1 aliphatic heterocycles. The summed E-state index contributed by atoms with van der Waals surface area (Å²) in [4.78, 5) is 0. The lowest BCUT2D eigenvalue weighted by molar-refractivity contribution is 0.780. The van der Waals surface area contributed by atoms with Crippen LogP contribution in [0.15, 0.2) is 36.4 Å². The van der Waals surface area contributed by atoms with Crippen LogP contribution in [0.2, 0.25) is 15.1 Å². The average Bonchev–Trinajstić information content (AvgIpc) is 2.81. The van der Waals surface area contributed by atoms with Crippen LogP contribution in [0.5, 0.6) is 0 Å². The number of nitrogens with one attached hydrogen (secondary N) is 1. The van der Waals surface area contributed by atoms with Gasteiger partial charge in [0.2, 0.25) is 0 Å². The number of rotatable bonds is 2. The van der Waals surface area contributed by atoms with Crippen molar-refractivity contribution in [2.75, 3.05) is 11.9 Å². The molecule has 0 atom stereocenters. The molecule has 1 aromatic heterocycles. The van der Waals surface area contributed by atoms with E-state index in [1.807, 2.05) is 41.9 Å². The zero-order chi connectivity index (χ0) is 18.3. The first-order valence-electron chi connectivity index (χ1n) is 8.63. The number of hydrogen-bond donors (Lipinski definition) is 1. The Morgan fingerprint density at radius 2 is 1.88 bits per heavy atom. The number of hydrogen-bond acceptors (Lipinski definition) is 2. The zero-order valence-electron chi connectivity index (χ0n) is 14.3. The molecule has 0 unspecified atom stereocenters. The molecular weight excluding hydrogens is 389 g/mol. The Morgan fingerprint density at radius 1 is 1.04 bits per heavy atom. The van der Waals surface area contributed by atoms with Crippen molar-refractivity contribution in [3.63, 3.8) is 0 Å². The summed E-state index contributed by atoms with van der Waals surface area (Å²) in [6, 6.07) is 11.6. The van der Waals surface area contributed by atoms with Crippen LogP contribution in [0.25, 0.3) is 16.9 Å². The first-order valence-corrected chi connectivity index (χ1v) is 9.76. The van der Waals surface area contributed by atoms with E-state index in [2.05, 4.69) is 5.32 Å². The highest BCUT2D eigenvalue weighted by molar-refractivity contribution is 6.43. The van der Waals surface area contributed by atoms with Crippen molar-refractivity contribution >= 4 is 40.6 Å². The summed E-state index contributed by atoms with van der Waals surface area (Å²) >= 11 is 19.1. The molecule has 0 bridgehead atoms. The van der Waals surface area contributed by atoms with Gasteiger partial charge in [0, 0.05) is 22.7 Å². The number of halogens is 3. The van der Waals surface area contributed by atoms with Crippen molar-refractivity contribution in [3.8, 4) is 16.9 Å². The number of nitrogens with zero attached hydrogens (tertiary/aromatic N) is 2. The molecule has 1 N–H and O–H groups in total. The van der Waals surface area contributed by atoms with Gasteiger partial charge in [-0.05, 0) is 49.9 Å². The molecule has 4 rings (SSSR count). The monoisotopic (exact) mass is 405 g/mol. The molecule has 0 saturated carbocycles. The van der Waals surface area contributed by atoms with Crippen LogP contribution in [0.1, 0.15) is 24.0 Å². The summed E-state index contributed by atoms with van der Waals surface area (Å²) in [5.74, 6) is 1.01. The summed E-state index contributed by atoms with van der Waals surface area (Å²) < 4.78 is 1.93. The quantitative estimate of drug-likeness (QED) is 0.522. The molecule has 6 heteroatoms. The van der Waals surface area contributed by atoms with Gasteiger partial charge >= 0.3 is 0 Å². The number of anilines is 1. The Labute approximate surface area is 167 Å². The minimum atomic E-state index is 0.535. The van der Waals surface area contributed by atoms with Gasteiger partial charge in [-0.1, -0.05) is 53.0 Å². The highest BCUT2D eigenvalue weighted by Crippen LogP contribution is 2.39. The molecule has 1 aliphatic rings. The number of benzene rings is 2. The van der Waals surface area contributed by atoms with E-state index >= 15 is 0 Å². The topological polar surface area (TPSA) is 29.9 Å². The Hall–Kier alpha value is -1.68. The van der Waals surface area contributed by atoms with E-state index in [9.17, 15) is 0 Å². The minimum absolute atomic E-state index is 0.535. The summed E-state index contributed by atoms with van der Waals surface area (Å²) in [7, 11) is 0. The second kappa shape index (κ2) is 7.15. The molecule has 0 saturated heterocycles.